The maximum Gasteiger partial charge on any atom is 0.145 e. The molecule has 3 rings (SSSR count). The first-order valence-electron chi connectivity index (χ1n) is 6.71. The van der Waals surface area contributed by atoms with Gasteiger partial charge >= 0.3 is 0 Å². The topological polar surface area (TPSA) is 48.8 Å². The molecular formula is C13H17FIN3O2. The molecule has 2 atom stereocenters. The molecule has 2 fully saturated rings. The van der Waals surface area contributed by atoms with E-state index >= 15 is 0 Å². The predicted octanol–water partition coefficient (Wildman–Crippen LogP) is 1.04. The molecule has 0 bridgehead atoms. The predicted molar refractivity (Wildman–Crippen MR) is 83.1 cm³/mol. The smallest absolute Gasteiger partial charge is 0.145 e. The number of rotatable bonds is 2. The van der Waals surface area contributed by atoms with Crippen molar-refractivity contribution in [3.05, 3.63) is 15.7 Å². The van der Waals surface area contributed by atoms with Gasteiger partial charge in [0.05, 0.1) is 19.8 Å². The van der Waals surface area contributed by atoms with E-state index in [0.717, 1.165) is 28.3 Å². The van der Waals surface area contributed by atoms with E-state index in [4.69, 9.17) is 4.74 Å². The molecule has 0 saturated carbocycles. The van der Waals surface area contributed by atoms with E-state index in [0.29, 0.717) is 19.8 Å². The van der Waals surface area contributed by atoms with Crippen LogP contribution in [0.2, 0.25) is 0 Å². The maximum absolute atomic E-state index is 13.5. The molecule has 0 aromatic carbocycles. The molecule has 2 saturated heterocycles. The lowest BCUT2D eigenvalue weighted by Crippen LogP contribution is -2.37. The third-order valence-electron chi connectivity index (χ3n) is 3.64. The molecule has 2 aliphatic rings. The van der Waals surface area contributed by atoms with Crippen molar-refractivity contribution in [3.8, 4) is 0 Å². The van der Waals surface area contributed by atoms with Gasteiger partial charge in [0.1, 0.15) is 23.9 Å². The number of halogens is 2. The van der Waals surface area contributed by atoms with Crippen molar-refractivity contribution in [3.63, 3.8) is 0 Å². The fraction of sp³-hybridized carbons (Fsp3) is 0.615. The van der Waals surface area contributed by atoms with Crippen LogP contribution in [0.15, 0.2) is 12.1 Å². The number of aliphatic hydroxyl groups excluding tert-OH is 1. The Morgan fingerprint density at radius 2 is 1.85 bits per heavy atom. The van der Waals surface area contributed by atoms with Crippen molar-refractivity contribution in [2.24, 2.45) is 0 Å². The Bertz CT molecular complexity index is 475. The summed E-state index contributed by atoms with van der Waals surface area (Å²) in [4.78, 5) is 8.60. The van der Waals surface area contributed by atoms with Crippen LogP contribution in [0.3, 0.4) is 0 Å². The van der Waals surface area contributed by atoms with Crippen molar-refractivity contribution >= 4 is 34.2 Å². The first-order chi connectivity index (χ1) is 9.63. The molecule has 1 aromatic heterocycles. The number of hydrogen-bond acceptors (Lipinski definition) is 5. The fourth-order valence-corrected chi connectivity index (χ4v) is 3.08. The van der Waals surface area contributed by atoms with E-state index in [1.54, 1.807) is 4.90 Å². The number of anilines is 2. The number of aromatic nitrogens is 1. The average molecular weight is 393 g/mol. The third-order valence-corrected chi connectivity index (χ3v) is 4.26. The molecule has 5 nitrogen and oxygen atoms in total. The first kappa shape index (κ1) is 14.3. The van der Waals surface area contributed by atoms with Gasteiger partial charge in [-0.2, -0.15) is 0 Å². The first-order valence-corrected chi connectivity index (χ1v) is 7.79. The molecule has 2 aliphatic heterocycles. The van der Waals surface area contributed by atoms with Crippen LogP contribution in [0.1, 0.15) is 0 Å². The Balaban J connectivity index is 1.83. The van der Waals surface area contributed by atoms with E-state index < -0.39 is 12.3 Å². The van der Waals surface area contributed by atoms with Gasteiger partial charge in [0, 0.05) is 23.2 Å². The van der Waals surface area contributed by atoms with Crippen LogP contribution in [0.5, 0.6) is 0 Å². The molecule has 0 unspecified atom stereocenters. The van der Waals surface area contributed by atoms with E-state index in [1.807, 2.05) is 12.1 Å². The Labute approximate surface area is 130 Å². The number of pyridine rings is 1. The molecule has 3 heterocycles. The SMILES string of the molecule is O[C@H]1CN(c2cc(I)cc(N3CCOCC3)n2)C[C@@H]1F. The summed E-state index contributed by atoms with van der Waals surface area (Å²) in [5, 5.41) is 9.54. The van der Waals surface area contributed by atoms with Crippen molar-refractivity contribution in [1.82, 2.24) is 4.98 Å². The second-order valence-electron chi connectivity index (χ2n) is 5.09. The van der Waals surface area contributed by atoms with Crippen LogP contribution in [0.4, 0.5) is 16.0 Å². The number of alkyl halides is 1. The highest BCUT2D eigenvalue weighted by Gasteiger charge is 2.32. The molecular weight excluding hydrogens is 376 g/mol. The van der Waals surface area contributed by atoms with Gasteiger partial charge < -0.3 is 19.6 Å². The zero-order valence-corrected chi connectivity index (χ0v) is 13.2. The summed E-state index contributed by atoms with van der Waals surface area (Å²) in [6.07, 6.45) is -2.11. The maximum atomic E-state index is 13.5. The molecule has 7 heteroatoms. The van der Waals surface area contributed by atoms with Crippen LogP contribution >= 0.6 is 22.6 Å². The zero-order valence-electron chi connectivity index (χ0n) is 11.0. The van der Waals surface area contributed by atoms with Gasteiger partial charge in [-0.05, 0) is 34.7 Å². The minimum atomic E-state index is -1.19. The molecule has 0 spiro atoms. The Hall–Kier alpha value is -0.670. The van der Waals surface area contributed by atoms with E-state index in [2.05, 4.69) is 32.5 Å². The van der Waals surface area contributed by atoms with Crippen LogP contribution in [-0.4, -0.2) is 61.8 Å². The summed E-state index contributed by atoms with van der Waals surface area (Å²) in [6, 6.07) is 3.95. The highest BCUT2D eigenvalue weighted by molar-refractivity contribution is 14.1. The summed E-state index contributed by atoms with van der Waals surface area (Å²) >= 11 is 2.24. The third kappa shape index (κ3) is 2.99. The summed E-state index contributed by atoms with van der Waals surface area (Å²) in [5.41, 5.74) is 0. The normalized spacial score (nSPS) is 27.1. The summed E-state index contributed by atoms with van der Waals surface area (Å²) in [7, 11) is 0. The minimum Gasteiger partial charge on any atom is -0.388 e. The van der Waals surface area contributed by atoms with Gasteiger partial charge in [-0.1, -0.05) is 0 Å². The lowest BCUT2D eigenvalue weighted by Gasteiger charge is -2.29. The molecule has 0 amide bonds. The quantitative estimate of drug-likeness (QED) is 0.762. The van der Waals surface area contributed by atoms with Crippen LogP contribution < -0.4 is 9.80 Å². The minimum absolute atomic E-state index is 0.205. The van der Waals surface area contributed by atoms with Gasteiger partial charge in [-0.15, -0.1) is 0 Å². The summed E-state index contributed by atoms with van der Waals surface area (Å²) in [6.45, 7) is 3.56. The number of ether oxygens (including phenoxy) is 1. The van der Waals surface area contributed by atoms with Crippen LogP contribution in [0.25, 0.3) is 0 Å². The number of aliphatic hydroxyl groups is 1. The van der Waals surface area contributed by atoms with E-state index in [1.165, 1.54) is 0 Å². The average Bonchev–Trinajstić information content (AvgIpc) is 2.79. The molecule has 110 valence electrons. The molecule has 0 radical (unpaired) electrons. The second-order valence-corrected chi connectivity index (χ2v) is 6.34. The number of β-amino-alcohol motifs (C(OH)–C–C–N with tert-alkyl or cyclic N) is 1. The van der Waals surface area contributed by atoms with E-state index in [-0.39, 0.29) is 6.54 Å². The molecule has 1 aromatic rings. The van der Waals surface area contributed by atoms with Gasteiger partial charge in [-0.25, -0.2) is 9.37 Å². The Morgan fingerprint density at radius 3 is 2.45 bits per heavy atom. The van der Waals surface area contributed by atoms with Gasteiger partial charge in [-0.3, -0.25) is 0 Å². The lowest BCUT2D eigenvalue weighted by molar-refractivity contribution is 0.118. The molecule has 1 N–H and O–H groups in total. The Kier molecular flexibility index (Phi) is 4.27. The van der Waals surface area contributed by atoms with Crippen molar-refractivity contribution < 1.29 is 14.2 Å². The summed E-state index contributed by atoms with van der Waals surface area (Å²) < 4.78 is 19.9. The molecule has 0 aliphatic carbocycles. The van der Waals surface area contributed by atoms with Crippen molar-refractivity contribution in [2.45, 2.75) is 12.3 Å². The van der Waals surface area contributed by atoms with E-state index in [9.17, 15) is 9.50 Å². The number of hydrogen-bond donors (Lipinski definition) is 1. The largest absolute Gasteiger partial charge is 0.388 e. The second kappa shape index (κ2) is 5.98. The van der Waals surface area contributed by atoms with Crippen molar-refractivity contribution in [2.75, 3.05) is 49.2 Å². The van der Waals surface area contributed by atoms with Crippen LogP contribution in [-0.2, 0) is 4.74 Å². The lowest BCUT2D eigenvalue weighted by atomic mass is 10.3. The monoisotopic (exact) mass is 393 g/mol. The van der Waals surface area contributed by atoms with Crippen LogP contribution in [0, 0.1) is 3.57 Å². The fourth-order valence-electron chi connectivity index (χ4n) is 2.52. The van der Waals surface area contributed by atoms with Gasteiger partial charge in [0.15, 0.2) is 0 Å². The van der Waals surface area contributed by atoms with Gasteiger partial charge in [0.2, 0.25) is 0 Å². The number of nitrogens with zero attached hydrogens (tertiary/aromatic N) is 3. The standard InChI is InChI=1S/C13H17FIN3O2/c14-10-7-18(8-11(10)19)13-6-9(15)5-12(16-13)17-1-3-20-4-2-17/h5-6,10-11,19H,1-4,7-8H2/t10-,11-/m0/s1. The zero-order chi connectivity index (χ0) is 14.1. The Morgan fingerprint density at radius 1 is 1.20 bits per heavy atom. The number of morpholine rings is 1. The van der Waals surface area contributed by atoms with Gasteiger partial charge in [0.25, 0.3) is 0 Å². The van der Waals surface area contributed by atoms with Crippen molar-refractivity contribution in [1.29, 1.82) is 0 Å². The summed E-state index contributed by atoms with van der Waals surface area (Å²) in [5.74, 6) is 1.63. The highest BCUT2D eigenvalue weighted by Crippen LogP contribution is 2.26. The molecule has 20 heavy (non-hydrogen) atoms. The highest BCUT2D eigenvalue weighted by atomic mass is 127.